The summed E-state index contributed by atoms with van der Waals surface area (Å²) in [5.74, 6) is 1.36. The molecule has 1 N–H and O–H groups in total. The third-order valence-corrected chi connectivity index (χ3v) is 8.38. The van der Waals surface area contributed by atoms with Crippen LogP contribution in [0.25, 0.3) is 20.3 Å². The van der Waals surface area contributed by atoms with Crippen molar-refractivity contribution in [3.8, 4) is 11.5 Å². The SMILES string of the molecule is COC[C@@H]1CCCN1C(=O)c1cc2nccc(Oc3ccc4c(C(O)OC)c(C)sc4c3)c2s1. The van der Waals surface area contributed by atoms with Crippen molar-refractivity contribution in [3.05, 3.63) is 51.8 Å². The number of aliphatic hydroxyl groups is 1. The van der Waals surface area contributed by atoms with Gasteiger partial charge in [0.05, 0.1) is 27.7 Å². The molecule has 34 heavy (non-hydrogen) atoms. The molecule has 1 amide bonds. The van der Waals surface area contributed by atoms with E-state index >= 15 is 0 Å². The Morgan fingerprint density at radius 2 is 2.12 bits per heavy atom. The van der Waals surface area contributed by atoms with Crippen LogP contribution >= 0.6 is 22.7 Å². The number of amides is 1. The van der Waals surface area contributed by atoms with E-state index in [1.165, 1.54) is 18.4 Å². The molecule has 5 rings (SSSR count). The fourth-order valence-electron chi connectivity index (χ4n) is 4.55. The second kappa shape index (κ2) is 9.59. The number of benzene rings is 1. The van der Waals surface area contributed by atoms with Gasteiger partial charge in [0.25, 0.3) is 5.91 Å². The van der Waals surface area contributed by atoms with Crippen molar-refractivity contribution in [3.63, 3.8) is 0 Å². The molecule has 0 aliphatic carbocycles. The molecule has 0 bridgehead atoms. The highest BCUT2D eigenvalue weighted by Crippen LogP contribution is 2.40. The molecule has 4 heterocycles. The lowest BCUT2D eigenvalue weighted by molar-refractivity contribution is -0.0760. The highest BCUT2D eigenvalue weighted by molar-refractivity contribution is 7.21. The number of carbonyl (C=O) groups excluding carboxylic acids is 1. The van der Waals surface area contributed by atoms with E-state index in [1.807, 2.05) is 42.2 Å². The zero-order valence-electron chi connectivity index (χ0n) is 19.2. The third kappa shape index (κ3) is 4.18. The summed E-state index contributed by atoms with van der Waals surface area (Å²) in [4.78, 5) is 21.2. The summed E-state index contributed by atoms with van der Waals surface area (Å²) in [6, 6.07) is 9.57. The van der Waals surface area contributed by atoms with Gasteiger partial charge in [-0.15, -0.1) is 22.7 Å². The summed E-state index contributed by atoms with van der Waals surface area (Å²) in [6.45, 7) is 3.27. The molecule has 4 aromatic rings. The molecular formula is C25H26N2O5S2. The molecule has 178 valence electrons. The van der Waals surface area contributed by atoms with Gasteiger partial charge in [-0.1, -0.05) is 0 Å². The minimum absolute atomic E-state index is 0.0215. The molecule has 1 unspecified atom stereocenters. The predicted octanol–water partition coefficient (Wildman–Crippen LogP) is 5.50. The van der Waals surface area contributed by atoms with E-state index < -0.39 is 6.29 Å². The smallest absolute Gasteiger partial charge is 0.264 e. The minimum atomic E-state index is -0.957. The van der Waals surface area contributed by atoms with Crippen LogP contribution in [0.1, 0.15) is 39.2 Å². The van der Waals surface area contributed by atoms with Crippen LogP contribution in [0.15, 0.2) is 36.5 Å². The highest BCUT2D eigenvalue weighted by Gasteiger charge is 2.30. The van der Waals surface area contributed by atoms with E-state index in [-0.39, 0.29) is 11.9 Å². The third-order valence-electron chi connectivity index (χ3n) is 6.17. The quantitative estimate of drug-likeness (QED) is 0.339. The number of pyridine rings is 1. The first-order valence-electron chi connectivity index (χ1n) is 11.1. The number of fused-ring (bicyclic) bond motifs is 2. The summed E-state index contributed by atoms with van der Waals surface area (Å²) >= 11 is 3.00. The van der Waals surface area contributed by atoms with Crippen molar-refractivity contribution in [2.24, 2.45) is 0 Å². The lowest BCUT2D eigenvalue weighted by atomic mass is 10.1. The Morgan fingerprint density at radius 1 is 1.26 bits per heavy atom. The maximum Gasteiger partial charge on any atom is 0.264 e. The van der Waals surface area contributed by atoms with Gasteiger partial charge in [-0.3, -0.25) is 9.78 Å². The van der Waals surface area contributed by atoms with E-state index in [4.69, 9.17) is 14.2 Å². The maximum atomic E-state index is 13.2. The van der Waals surface area contributed by atoms with Crippen molar-refractivity contribution in [2.45, 2.75) is 32.1 Å². The van der Waals surface area contributed by atoms with E-state index in [1.54, 1.807) is 24.6 Å². The first-order valence-corrected chi connectivity index (χ1v) is 12.7. The highest BCUT2D eigenvalue weighted by atomic mass is 32.1. The number of nitrogens with zero attached hydrogens (tertiary/aromatic N) is 2. The molecule has 9 heteroatoms. The van der Waals surface area contributed by atoms with Crippen LogP contribution in [-0.4, -0.2) is 54.3 Å². The van der Waals surface area contributed by atoms with E-state index in [2.05, 4.69) is 4.98 Å². The summed E-state index contributed by atoms with van der Waals surface area (Å²) in [7, 11) is 3.16. The zero-order valence-corrected chi connectivity index (χ0v) is 20.9. The molecule has 2 atom stereocenters. The van der Waals surface area contributed by atoms with Crippen LogP contribution in [0, 0.1) is 6.92 Å². The van der Waals surface area contributed by atoms with Crippen LogP contribution in [-0.2, 0) is 9.47 Å². The number of thiophene rings is 2. The molecule has 1 aliphatic rings. The van der Waals surface area contributed by atoms with Crippen molar-refractivity contribution >= 4 is 48.9 Å². The van der Waals surface area contributed by atoms with E-state index in [0.717, 1.165) is 50.1 Å². The molecule has 3 aromatic heterocycles. The zero-order chi connectivity index (χ0) is 23.8. The molecule has 0 radical (unpaired) electrons. The lowest BCUT2D eigenvalue weighted by Gasteiger charge is -2.23. The number of aryl methyl sites for hydroxylation is 1. The maximum absolute atomic E-state index is 13.2. The molecule has 1 saturated heterocycles. The molecule has 0 spiro atoms. The van der Waals surface area contributed by atoms with Crippen LogP contribution < -0.4 is 4.74 Å². The topological polar surface area (TPSA) is 81.1 Å². The first kappa shape index (κ1) is 23.2. The van der Waals surface area contributed by atoms with Crippen LogP contribution in [0.4, 0.5) is 0 Å². The normalized spacial score (nSPS) is 17.1. The van der Waals surface area contributed by atoms with Gasteiger partial charge in [0.2, 0.25) is 0 Å². The van der Waals surface area contributed by atoms with E-state index in [0.29, 0.717) is 23.0 Å². The Kier molecular flexibility index (Phi) is 6.54. The van der Waals surface area contributed by atoms with Crippen molar-refractivity contribution < 1.29 is 24.1 Å². The summed E-state index contributed by atoms with van der Waals surface area (Å²) in [5.41, 5.74) is 1.53. The van der Waals surface area contributed by atoms with Crippen molar-refractivity contribution in [1.82, 2.24) is 9.88 Å². The standard InChI is InChI=1S/C25H26N2O5S2/c1-14-22(25(29)31-3)17-7-6-16(11-20(17)33-14)32-19-8-9-26-18-12-21(34-23(18)19)24(28)27-10-4-5-15(27)13-30-2/h6-9,11-12,15,25,29H,4-5,10,13H2,1-3H3/t15-,25?/m0/s1. The fourth-order valence-corrected chi connectivity index (χ4v) is 6.68. The van der Waals surface area contributed by atoms with Gasteiger partial charge in [-0.05, 0) is 44.0 Å². The molecule has 7 nitrogen and oxygen atoms in total. The van der Waals surface area contributed by atoms with Gasteiger partial charge in [-0.25, -0.2) is 0 Å². The van der Waals surface area contributed by atoms with Gasteiger partial charge >= 0.3 is 0 Å². The van der Waals surface area contributed by atoms with Gasteiger partial charge in [0, 0.05) is 53.6 Å². The second-order valence-electron chi connectivity index (χ2n) is 8.30. The number of hydrogen-bond donors (Lipinski definition) is 1. The Balaban J connectivity index is 1.44. The fraction of sp³-hybridized carbons (Fsp3) is 0.360. The number of likely N-dealkylation sites (tertiary alicyclic amines) is 1. The second-order valence-corrected chi connectivity index (χ2v) is 10.6. The number of methoxy groups -OCH3 is 2. The van der Waals surface area contributed by atoms with Crippen LogP contribution in [0.5, 0.6) is 11.5 Å². The number of hydrogen-bond acceptors (Lipinski definition) is 8. The summed E-state index contributed by atoms with van der Waals surface area (Å²) in [6.07, 6.45) is 2.69. The monoisotopic (exact) mass is 498 g/mol. The Hall–Kier alpha value is -2.56. The van der Waals surface area contributed by atoms with Gasteiger partial charge < -0.3 is 24.2 Å². The molecule has 1 aliphatic heterocycles. The van der Waals surface area contributed by atoms with Crippen LogP contribution in [0.2, 0.25) is 0 Å². The van der Waals surface area contributed by atoms with Gasteiger partial charge in [-0.2, -0.15) is 0 Å². The summed E-state index contributed by atoms with van der Waals surface area (Å²) < 4.78 is 18.5. The lowest BCUT2D eigenvalue weighted by Crippen LogP contribution is -2.37. The van der Waals surface area contributed by atoms with Crippen LogP contribution in [0.3, 0.4) is 0 Å². The van der Waals surface area contributed by atoms with Crippen molar-refractivity contribution in [2.75, 3.05) is 27.4 Å². The number of rotatable bonds is 7. The number of aromatic nitrogens is 1. The first-order chi connectivity index (χ1) is 16.5. The molecule has 0 saturated carbocycles. The van der Waals surface area contributed by atoms with Gasteiger partial charge in [0.1, 0.15) is 11.5 Å². The molecular weight excluding hydrogens is 472 g/mol. The average molecular weight is 499 g/mol. The average Bonchev–Trinajstić information content (AvgIpc) is 3.55. The summed E-state index contributed by atoms with van der Waals surface area (Å²) in [5, 5.41) is 11.2. The number of aliphatic hydroxyl groups excluding tert-OH is 1. The predicted molar refractivity (Wildman–Crippen MR) is 134 cm³/mol. The number of carbonyl (C=O) groups is 1. The largest absolute Gasteiger partial charge is 0.456 e. The van der Waals surface area contributed by atoms with E-state index in [9.17, 15) is 9.90 Å². The minimum Gasteiger partial charge on any atom is -0.456 e. The molecule has 1 aromatic carbocycles. The Bertz CT molecular complexity index is 1350. The van der Waals surface area contributed by atoms with Gasteiger partial charge in [0.15, 0.2) is 6.29 Å². The Morgan fingerprint density at radius 3 is 2.91 bits per heavy atom. The Labute approximate surface area is 205 Å². The molecule has 1 fully saturated rings. The van der Waals surface area contributed by atoms with Crippen molar-refractivity contribution in [1.29, 1.82) is 0 Å². The number of ether oxygens (including phenoxy) is 3.